The zero-order valence-corrected chi connectivity index (χ0v) is 20.0. The molecule has 0 spiro atoms. The van der Waals surface area contributed by atoms with Gasteiger partial charge in [-0.25, -0.2) is 4.79 Å². The Bertz CT molecular complexity index is 737. The number of nitrogens with zero attached hydrogens (tertiary/aromatic N) is 1. The van der Waals surface area contributed by atoms with Crippen molar-refractivity contribution < 1.29 is 33.3 Å². The molecular formula is C24H37NO7. The second-order valence-electron chi connectivity index (χ2n) is 8.60. The number of para-hydroxylation sites is 2. The lowest BCUT2D eigenvalue weighted by molar-refractivity contribution is -0.183. The van der Waals surface area contributed by atoms with E-state index in [9.17, 15) is 9.59 Å². The molecule has 0 saturated carbocycles. The second kappa shape index (κ2) is 12.5. The minimum absolute atomic E-state index is 0.138. The number of hydrogen-bond donors (Lipinski definition) is 0. The molecule has 8 heteroatoms. The Morgan fingerprint density at radius 3 is 2.28 bits per heavy atom. The fraction of sp³-hybridized carbons (Fsp3) is 0.667. The van der Waals surface area contributed by atoms with Crippen molar-refractivity contribution in [1.82, 2.24) is 4.90 Å². The summed E-state index contributed by atoms with van der Waals surface area (Å²) in [5.74, 6) is 0.617. The van der Waals surface area contributed by atoms with Crippen LogP contribution in [0.25, 0.3) is 0 Å². The minimum atomic E-state index is -0.938. The van der Waals surface area contributed by atoms with E-state index in [4.69, 9.17) is 23.7 Å². The van der Waals surface area contributed by atoms with Crippen molar-refractivity contribution in [2.45, 2.75) is 53.9 Å². The highest BCUT2D eigenvalue weighted by atomic mass is 16.7. The van der Waals surface area contributed by atoms with Gasteiger partial charge in [-0.1, -0.05) is 46.8 Å². The standard InChI is InChI=1S/C24H37NO7/c1-7-28-20-10-8-9-11-21(20)30-15-19-14-25(12-13-29-19)24(27)32-23(17(4)5)31-22(26)18(6)16(2)3/h8-11,16-19,23H,7,12-15H2,1-6H3/t18-,19-,23?/m0/s1. The van der Waals surface area contributed by atoms with Gasteiger partial charge in [0.15, 0.2) is 11.5 Å². The van der Waals surface area contributed by atoms with Gasteiger partial charge in [0.2, 0.25) is 0 Å². The predicted octanol–water partition coefficient (Wildman–Crippen LogP) is 4.12. The quantitative estimate of drug-likeness (QED) is 0.391. The van der Waals surface area contributed by atoms with Gasteiger partial charge >= 0.3 is 12.1 Å². The summed E-state index contributed by atoms with van der Waals surface area (Å²) in [6.07, 6.45) is -1.78. The topological polar surface area (TPSA) is 83.5 Å². The minimum Gasteiger partial charge on any atom is -0.490 e. The van der Waals surface area contributed by atoms with Gasteiger partial charge in [-0.15, -0.1) is 0 Å². The third-order valence-corrected chi connectivity index (χ3v) is 5.34. The molecule has 1 aliphatic heterocycles. The molecule has 0 aromatic heterocycles. The molecule has 0 N–H and O–H groups in total. The van der Waals surface area contributed by atoms with Gasteiger partial charge in [0, 0.05) is 12.5 Å². The van der Waals surface area contributed by atoms with Crippen LogP contribution in [0.4, 0.5) is 4.79 Å². The average Bonchev–Trinajstić information content (AvgIpc) is 2.77. The molecule has 1 amide bonds. The van der Waals surface area contributed by atoms with Gasteiger partial charge in [-0.2, -0.15) is 0 Å². The van der Waals surface area contributed by atoms with Gasteiger partial charge < -0.3 is 28.6 Å². The summed E-state index contributed by atoms with van der Waals surface area (Å²) >= 11 is 0. The average molecular weight is 452 g/mol. The number of hydrogen-bond acceptors (Lipinski definition) is 7. The van der Waals surface area contributed by atoms with Crippen molar-refractivity contribution in [3.8, 4) is 11.5 Å². The smallest absolute Gasteiger partial charge is 0.413 e. The molecule has 2 rings (SSSR count). The summed E-state index contributed by atoms with van der Waals surface area (Å²) in [7, 11) is 0. The highest BCUT2D eigenvalue weighted by Gasteiger charge is 2.31. The first kappa shape index (κ1) is 25.8. The molecule has 1 unspecified atom stereocenters. The molecule has 8 nitrogen and oxygen atoms in total. The van der Waals surface area contributed by atoms with Crippen LogP contribution in [0.3, 0.4) is 0 Å². The van der Waals surface area contributed by atoms with Crippen LogP contribution < -0.4 is 9.47 Å². The van der Waals surface area contributed by atoms with Gasteiger partial charge in [0.1, 0.15) is 12.7 Å². The largest absolute Gasteiger partial charge is 0.490 e. The lowest BCUT2D eigenvalue weighted by atomic mass is 9.98. The van der Waals surface area contributed by atoms with E-state index in [0.717, 1.165) is 0 Å². The number of morpholine rings is 1. The van der Waals surface area contributed by atoms with E-state index >= 15 is 0 Å². The Kier molecular flexibility index (Phi) is 10.1. The van der Waals surface area contributed by atoms with Gasteiger partial charge in [0.25, 0.3) is 6.29 Å². The SMILES string of the molecule is CCOc1ccccc1OC[C@@H]1CN(C(=O)OC(OC(=O)[C@@H](C)C(C)C)C(C)C)CCO1. The number of amides is 1. The number of ether oxygens (including phenoxy) is 5. The van der Waals surface area contributed by atoms with Crippen LogP contribution in [0, 0.1) is 17.8 Å². The molecule has 1 heterocycles. The number of esters is 1. The van der Waals surface area contributed by atoms with Crippen LogP contribution in [-0.2, 0) is 19.0 Å². The Morgan fingerprint density at radius 1 is 1.03 bits per heavy atom. The molecular weight excluding hydrogens is 414 g/mol. The van der Waals surface area contributed by atoms with E-state index in [1.165, 1.54) is 0 Å². The second-order valence-corrected chi connectivity index (χ2v) is 8.60. The Morgan fingerprint density at radius 2 is 1.69 bits per heavy atom. The first-order chi connectivity index (χ1) is 15.2. The molecule has 3 atom stereocenters. The van der Waals surface area contributed by atoms with Crippen LogP contribution in [0.15, 0.2) is 24.3 Å². The molecule has 1 aromatic carbocycles. The molecule has 1 aromatic rings. The lowest BCUT2D eigenvalue weighted by Gasteiger charge is -2.33. The zero-order valence-electron chi connectivity index (χ0n) is 20.0. The fourth-order valence-corrected chi connectivity index (χ4v) is 2.98. The van der Waals surface area contributed by atoms with Gasteiger partial charge in [-0.05, 0) is 25.0 Å². The summed E-state index contributed by atoms with van der Waals surface area (Å²) in [5, 5.41) is 0. The van der Waals surface area contributed by atoms with Gasteiger partial charge in [-0.3, -0.25) is 4.79 Å². The summed E-state index contributed by atoms with van der Waals surface area (Å²) in [6.45, 7) is 13.2. The number of benzene rings is 1. The Labute approximate surface area is 191 Å². The van der Waals surface area contributed by atoms with E-state index < -0.39 is 12.4 Å². The van der Waals surface area contributed by atoms with E-state index in [0.29, 0.717) is 37.8 Å². The predicted molar refractivity (Wildman–Crippen MR) is 120 cm³/mol. The van der Waals surface area contributed by atoms with Gasteiger partial charge in [0.05, 0.1) is 25.7 Å². The van der Waals surface area contributed by atoms with Crippen molar-refractivity contribution in [2.24, 2.45) is 17.8 Å². The van der Waals surface area contributed by atoms with Crippen molar-refractivity contribution in [2.75, 3.05) is 32.9 Å². The summed E-state index contributed by atoms with van der Waals surface area (Å²) in [5.41, 5.74) is 0. The maximum atomic E-state index is 12.8. The van der Waals surface area contributed by atoms with Crippen LogP contribution in [0.2, 0.25) is 0 Å². The molecule has 180 valence electrons. The number of rotatable bonds is 10. The zero-order chi connectivity index (χ0) is 23.7. The van der Waals surface area contributed by atoms with E-state index in [2.05, 4.69) is 0 Å². The first-order valence-corrected chi connectivity index (χ1v) is 11.3. The van der Waals surface area contributed by atoms with Crippen LogP contribution in [0.5, 0.6) is 11.5 Å². The number of carbonyl (C=O) groups excluding carboxylic acids is 2. The summed E-state index contributed by atoms with van der Waals surface area (Å²) in [6, 6.07) is 7.43. The summed E-state index contributed by atoms with van der Waals surface area (Å²) in [4.78, 5) is 26.6. The maximum Gasteiger partial charge on any atom is 0.413 e. The highest BCUT2D eigenvalue weighted by molar-refractivity contribution is 5.73. The molecule has 32 heavy (non-hydrogen) atoms. The van der Waals surface area contributed by atoms with Crippen molar-refractivity contribution in [3.63, 3.8) is 0 Å². The Balaban J connectivity index is 1.91. The monoisotopic (exact) mass is 451 g/mol. The molecule has 1 aliphatic rings. The van der Waals surface area contributed by atoms with Crippen molar-refractivity contribution in [1.29, 1.82) is 0 Å². The highest BCUT2D eigenvalue weighted by Crippen LogP contribution is 2.27. The summed E-state index contributed by atoms with van der Waals surface area (Å²) < 4.78 is 28.2. The van der Waals surface area contributed by atoms with E-state index in [-0.39, 0.29) is 36.4 Å². The van der Waals surface area contributed by atoms with Crippen LogP contribution >= 0.6 is 0 Å². The van der Waals surface area contributed by atoms with Crippen LogP contribution in [0.1, 0.15) is 41.5 Å². The fourth-order valence-electron chi connectivity index (χ4n) is 2.98. The normalized spacial score (nSPS) is 18.2. The van der Waals surface area contributed by atoms with Crippen molar-refractivity contribution in [3.05, 3.63) is 24.3 Å². The van der Waals surface area contributed by atoms with E-state index in [1.807, 2.05) is 65.8 Å². The molecule has 1 saturated heterocycles. The lowest BCUT2D eigenvalue weighted by Crippen LogP contribution is -2.49. The third kappa shape index (κ3) is 7.58. The van der Waals surface area contributed by atoms with Crippen molar-refractivity contribution >= 4 is 12.1 Å². The molecule has 0 radical (unpaired) electrons. The molecule has 0 bridgehead atoms. The maximum absolute atomic E-state index is 12.8. The third-order valence-electron chi connectivity index (χ3n) is 5.34. The van der Waals surface area contributed by atoms with Crippen LogP contribution in [-0.4, -0.2) is 62.3 Å². The first-order valence-electron chi connectivity index (χ1n) is 11.3. The van der Waals surface area contributed by atoms with E-state index in [1.54, 1.807) is 4.90 Å². The molecule has 0 aliphatic carbocycles. The number of carbonyl (C=O) groups is 2. The Hall–Kier alpha value is -2.48. The molecule has 1 fully saturated rings.